The SMILES string of the molecule is CN=C1NC(=O)/C(=C/c2ccc3ncnc(N(C)C)c3c2)S1. The number of rotatable bonds is 2. The van der Waals surface area contributed by atoms with E-state index in [-0.39, 0.29) is 5.91 Å². The molecule has 1 saturated heterocycles. The number of carbonyl (C=O) groups excluding carboxylic acids is 1. The van der Waals surface area contributed by atoms with Crippen LogP contribution in [0.1, 0.15) is 5.56 Å². The second-order valence-corrected chi connectivity index (χ2v) is 5.99. The van der Waals surface area contributed by atoms with E-state index < -0.39 is 0 Å². The Bertz CT molecular complexity index is 813. The molecule has 0 unspecified atom stereocenters. The van der Waals surface area contributed by atoms with Gasteiger partial charge in [-0.05, 0) is 35.5 Å². The summed E-state index contributed by atoms with van der Waals surface area (Å²) in [5, 5.41) is 4.29. The maximum Gasteiger partial charge on any atom is 0.264 e. The van der Waals surface area contributed by atoms with Crippen molar-refractivity contribution >= 4 is 45.6 Å². The zero-order valence-electron chi connectivity index (χ0n) is 12.5. The zero-order chi connectivity index (χ0) is 15.7. The van der Waals surface area contributed by atoms with Crippen LogP contribution in [0.4, 0.5) is 5.82 Å². The van der Waals surface area contributed by atoms with Gasteiger partial charge in [0.25, 0.3) is 5.91 Å². The molecule has 1 aliphatic heterocycles. The van der Waals surface area contributed by atoms with Gasteiger partial charge in [0.2, 0.25) is 0 Å². The van der Waals surface area contributed by atoms with Crippen LogP contribution in [-0.2, 0) is 4.79 Å². The van der Waals surface area contributed by atoms with Crippen LogP contribution in [0.3, 0.4) is 0 Å². The highest BCUT2D eigenvalue weighted by Crippen LogP contribution is 2.28. The van der Waals surface area contributed by atoms with Gasteiger partial charge in [0.05, 0.1) is 10.4 Å². The van der Waals surface area contributed by atoms with Gasteiger partial charge in [-0.2, -0.15) is 0 Å². The standard InChI is InChI=1S/C15H15N5OS/c1-16-15-19-14(21)12(22-15)7-9-4-5-11-10(6-9)13(20(2)3)18-8-17-11/h4-8H,1-3H3,(H,16,19,21)/b12-7-. The summed E-state index contributed by atoms with van der Waals surface area (Å²) in [6.45, 7) is 0. The maximum atomic E-state index is 11.9. The smallest absolute Gasteiger partial charge is 0.264 e. The molecule has 1 amide bonds. The molecule has 0 saturated carbocycles. The van der Waals surface area contributed by atoms with E-state index in [0.717, 1.165) is 22.3 Å². The Morgan fingerprint density at radius 2 is 2.14 bits per heavy atom. The number of nitrogens with zero attached hydrogens (tertiary/aromatic N) is 4. The second-order valence-electron chi connectivity index (χ2n) is 4.96. The molecule has 6 nitrogen and oxygen atoms in total. The van der Waals surface area contributed by atoms with Crippen LogP contribution >= 0.6 is 11.8 Å². The first-order valence-electron chi connectivity index (χ1n) is 6.68. The number of anilines is 1. The molecule has 1 N–H and O–H groups in total. The highest BCUT2D eigenvalue weighted by molar-refractivity contribution is 8.18. The Morgan fingerprint density at radius 1 is 1.32 bits per heavy atom. The summed E-state index contributed by atoms with van der Waals surface area (Å²) in [7, 11) is 5.54. The van der Waals surface area contributed by atoms with E-state index in [0.29, 0.717) is 10.1 Å². The van der Waals surface area contributed by atoms with Gasteiger partial charge in [-0.3, -0.25) is 9.79 Å². The Kier molecular flexibility index (Phi) is 3.81. The third kappa shape index (κ3) is 2.67. The lowest BCUT2D eigenvalue weighted by Gasteiger charge is -2.13. The van der Waals surface area contributed by atoms with Crippen molar-refractivity contribution < 1.29 is 4.79 Å². The van der Waals surface area contributed by atoms with E-state index in [2.05, 4.69) is 20.3 Å². The molecule has 7 heteroatoms. The minimum Gasteiger partial charge on any atom is -0.362 e. The van der Waals surface area contributed by atoms with Crippen LogP contribution in [0.25, 0.3) is 17.0 Å². The summed E-state index contributed by atoms with van der Waals surface area (Å²) in [5.41, 5.74) is 1.81. The van der Waals surface area contributed by atoms with E-state index in [1.807, 2.05) is 43.3 Å². The number of aliphatic imine (C=N–C) groups is 1. The van der Waals surface area contributed by atoms with Crippen molar-refractivity contribution in [1.29, 1.82) is 0 Å². The van der Waals surface area contributed by atoms with Gasteiger partial charge in [0.1, 0.15) is 12.1 Å². The first kappa shape index (κ1) is 14.5. The molecular weight excluding hydrogens is 298 g/mol. The molecule has 0 atom stereocenters. The van der Waals surface area contributed by atoms with Crippen LogP contribution < -0.4 is 10.2 Å². The molecule has 1 fully saturated rings. The lowest BCUT2D eigenvalue weighted by molar-refractivity contribution is -0.115. The van der Waals surface area contributed by atoms with Crippen LogP contribution in [-0.4, -0.2) is 42.2 Å². The normalized spacial score (nSPS) is 18.2. The predicted octanol–water partition coefficient (Wildman–Crippen LogP) is 1.89. The quantitative estimate of drug-likeness (QED) is 0.857. The van der Waals surface area contributed by atoms with Gasteiger partial charge in [-0.1, -0.05) is 6.07 Å². The van der Waals surface area contributed by atoms with Crippen LogP contribution in [0.2, 0.25) is 0 Å². The van der Waals surface area contributed by atoms with E-state index in [9.17, 15) is 4.79 Å². The zero-order valence-corrected chi connectivity index (χ0v) is 13.3. The number of nitrogens with one attached hydrogen (secondary N) is 1. The van der Waals surface area contributed by atoms with E-state index in [1.165, 1.54) is 11.8 Å². The van der Waals surface area contributed by atoms with Gasteiger partial charge >= 0.3 is 0 Å². The lowest BCUT2D eigenvalue weighted by Crippen LogP contribution is -2.19. The molecule has 0 aliphatic carbocycles. The predicted molar refractivity (Wildman–Crippen MR) is 90.9 cm³/mol. The number of hydrogen-bond acceptors (Lipinski definition) is 6. The highest BCUT2D eigenvalue weighted by atomic mass is 32.2. The summed E-state index contributed by atoms with van der Waals surface area (Å²) in [5.74, 6) is 0.729. The molecule has 0 spiro atoms. The van der Waals surface area contributed by atoms with Crippen LogP contribution in [0.15, 0.2) is 34.4 Å². The molecule has 1 aromatic heterocycles. The molecule has 0 bridgehead atoms. The van der Waals surface area contributed by atoms with Crippen molar-refractivity contribution in [2.75, 3.05) is 26.0 Å². The van der Waals surface area contributed by atoms with E-state index >= 15 is 0 Å². The second kappa shape index (κ2) is 5.76. The van der Waals surface area contributed by atoms with Gasteiger partial charge in [0.15, 0.2) is 5.17 Å². The molecule has 0 radical (unpaired) electrons. The van der Waals surface area contributed by atoms with E-state index in [1.54, 1.807) is 13.4 Å². The molecule has 2 aromatic rings. The van der Waals surface area contributed by atoms with Crippen molar-refractivity contribution in [3.05, 3.63) is 35.0 Å². The fourth-order valence-corrected chi connectivity index (χ4v) is 2.97. The number of amidine groups is 1. The minimum atomic E-state index is -0.122. The topological polar surface area (TPSA) is 70.5 Å². The van der Waals surface area contributed by atoms with Crippen molar-refractivity contribution in [3.8, 4) is 0 Å². The Balaban J connectivity index is 2.06. The maximum absolute atomic E-state index is 11.9. The number of carbonyl (C=O) groups is 1. The number of fused-ring (bicyclic) bond motifs is 1. The van der Waals surface area contributed by atoms with Crippen molar-refractivity contribution in [2.24, 2.45) is 4.99 Å². The van der Waals surface area contributed by atoms with Gasteiger partial charge in [-0.15, -0.1) is 0 Å². The fraction of sp³-hybridized carbons (Fsp3) is 0.200. The van der Waals surface area contributed by atoms with Crippen LogP contribution in [0.5, 0.6) is 0 Å². The molecule has 1 aromatic carbocycles. The van der Waals surface area contributed by atoms with Crippen molar-refractivity contribution in [2.45, 2.75) is 0 Å². The number of amides is 1. The minimum absolute atomic E-state index is 0.122. The van der Waals surface area contributed by atoms with Gasteiger partial charge in [0, 0.05) is 26.5 Å². The van der Waals surface area contributed by atoms with Crippen LogP contribution in [0, 0.1) is 0 Å². The molecule has 2 heterocycles. The third-order valence-electron chi connectivity index (χ3n) is 3.21. The molecule has 3 rings (SSSR count). The highest BCUT2D eigenvalue weighted by Gasteiger charge is 2.23. The average Bonchev–Trinajstić information content (AvgIpc) is 2.86. The number of aromatic nitrogens is 2. The summed E-state index contributed by atoms with van der Waals surface area (Å²) in [4.78, 5) is 27.0. The molecular formula is C15H15N5OS. The summed E-state index contributed by atoms with van der Waals surface area (Å²) >= 11 is 1.34. The summed E-state index contributed by atoms with van der Waals surface area (Å²) < 4.78 is 0. The Labute approximate surface area is 132 Å². The third-order valence-corrected chi connectivity index (χ3v) is 4.21. The van der Waals surface area contributed by atoms with Gasteiger partial charge < -0.3 is 10.2 Å². The monoisotopic (exact) mass is 313 g/mol. The van der Waals surface area contributed by atoms with Crippen molar-refractivity contribution in [3.63, 3.8) is 0 Å². The molecule has 112 valence electrons. The fourth-order valence-electron chi connectivity index (χ4n) is 2.19. The number of benzene rings is 1. The summed E-state index contributed by atoms with van der Waals surface area (Å²) in [6, 6.07) is 5.87. The Morgan fingerprint density at radius 3 is 2.82 bits per heavy atom. The first-order chi connectivity index (χ1) is 10.6. The lowest BCUT2D eigenvalue weighted by atomic mass is 10.1. The molecule has 22 heavy (non-hydrogen) atoms. The molecule has 1 aliphatic rings. The number of hydrogen-bond donors (Lipinski definition) is 1. The summed E-state index contributed by atoms with van der Waals surface area (Å²) in [6.07, 6.45) is 3.41. The first-order valence-corrected chi connectivity index (χ1v) is 7.50. The largest absolute Gasteiger partial charge is 0.362 e. The average molecular weight is 313 g/mol. The van der Waals surface area contributed by atoms with Crippen molar-refractivity contribution in [1.82, 2.24) is 15.3 Å². The van der Waals surface area contributed by atoms with E-state index in [4.69, 9.17) is 0 Å². The van der Waals surface area contributed by atoms with Gasteiger partial charge in [-0.25, -0.2) is 9.97 Å². The Hall–Kier alpha value is -2.41. The number of thioether (sulfide) groups is 1.